The Morgan fingerprint density at radius 2 is 1.85 bits per heavy atom. The van der Waals surface area contributed by atoms with Crippen LogP contribution < -0.4 is 10.6 Å². The van der Waals surface area contributed by atoms with E-state index in [0.717, 1.165) is 19.5 Å². The lowest BCUT2D eigenvalue weighted by molar-refractivity contribution is 0.693. The Kier molecular flexibility index (Phi) is 4.86. The summed E-state index contributed by atoms with van der Waals surface area (Å²) in [6.07, 6.45) is 5.79. The Bertz CT molecular complexity index is 212. The van der Waals surface area contributed by atoms with Crippen molar-refractivity contribution in [1.82, 2.24) is 15.3 Å². The molecule has 0 saturated carbocycles. The van der Waals surface area contributed by atoms with Crippen molar-refractivity contribution in [3.63, 3.8) is 0 Å². The summed E-state index contributed by atoms with van der Waals surface area (Å²) >= 11 is 0. The first-order valence-corrected chi connectivity index (χ1v) is 4.59. The van der Waals surface area contributed by atoms with Crippen LogP contribution in [0.2, 0.25) is 0 Å². The van der Waals surface area contributed by atoms with Gasteiger partial charge < -0.3 is 10.6 Å². The average Bonchev–Trinajstić information content (AvgIpc) is 2.19. The molecule has 1 heterocycles. The van der Waals surface area contributed by atoms with Crippen molar-refractivity contribution in [3.05, 3.63) is 18.5 Å². The maximum Gasteiger partial charge on any atom is 0.222 e. The third kappa shape index (κ3) is 4.42. The summed E-state index contributed by atoms with van der Waals surface area (Å²) < 4.78 is 0. The molecule has 0 amide bonds. The van der Waals surface area contributed by atoms with Crippen LogP contribution in [-0.2, 0) is 0 Å². The first-order chi connectivity index (χ1) is 6.43. The standard InChI is InChI=1S/C9H16N4/c1-10-5-2-3-6-11-9-12-7-4-8-13-9/h4,7-8,10H,2-3,5-6H2,1H3,(H,11,12,13). The van der Waals surface area contributed by atoms with E-state index < -0.39 is 0 Å². The van der Waals surface area contributed by atoms with Crippen LogP contribution in [0, 0.1) is 0 Å². The van der Waals surface area contributed by atoms with Gasteiger partial charge in [0.1, 0.15) is 0 Å². The first-order valence-electron chi connectivity index (χ1n) is 4.59. The topological polar surface area (TPSA) is 49.8 Å². The van der Waals surface area contributed by atoms with Gasteiger partial charge in [-0.05, 0) is 32.5 Å². The predicted molar refractivity (Wildman–Crippen MR) is 53.7 cm³/mol. The van der Waals surface area contributed by atoms with Crippen LogP contribution in [0.25, 0.3) is 0 Å². The maximum atomic E-state index is 4.06. The number of nitrogens with one attached hydrogen (secondary N) is 2. The minimum absolute atomic E-state index is 0.715. The van der Waals surface area contributed by atoms with Gasteiger partial charge in [0, 0.05) is 18.9 Å². The van der Waals surface area contributed by atoms with Crippen LogP contribution in [-0.4, -0.2) is 30.1 Å². The second-order valence-electron chi connectivity index (χ2n) is 2.81. The summed E-state index contributed by atoms with van der Waals surface area (Å²) in [6, 6.07) is 1.81. The smallest absolute Gasteiger partial charge is 0.222 e. The lowest BCUT2D eigenvalue weighted by Crippen LogP contribution is -2.10. The zero-order valence-corrected chi connectivity index (χ0v) is 7.95. The second kappa shape index (κ2) is 6.37. The van der Waals surface area contributed by atoms with E-state index in [2.05, 4.69) is 20.6 Å². The predicted octanol–water partition coefficient (Wildman–Crippen LogP) is 0.888. The van der Waals surface area contributed by atoms with Crippen molar-refractivity contribution in [3.8, 4) is 0 Å². The van der Waals surface area contributed by atoms with Gasteiger partial charge in [-0.3, -0.25) is 0 Å². The molecule has 0 atom stereocenters. The number of anilines is 1. The molecule has 0 spiro atoms. The average molecular weight is 180 g/mol. The van der Waals surface area contributed by atoms with E-state index in [4.69, 9.17) is 0 Å². The summed E-state index contributed by atoms with van der Waals surface area (Å²) in [5.41, 5.74) is 0. The number of hydrogen-bond acceptors (Lipinski definition) is 4. The van der Waals surface area contributed by atoms with Crippen LogP contribution in [0.1, 0.15) is 12.8 Å². The number of aromatic nitrogens is 2. The van der Waals surface area contributed by atoms with Crippen molar-refractivity contribution < 1.29 is 0 Å². The Morgan fingerprint density at radius 3 is 2.54 bits per heavy atom. The fourth-order valence-electron chi connectivity index (χ4n) is 1.02. The Morgan fingerprint density at radius 1 is 1.15 bits per heavy atom. The summed E-state index contributed by atoms with van der Waals surface area (Å²) in [5.74, 6) is 0.715. The van der Waals surface area contributed by atoms with Crippen molar-refractivity contribution in [2.45, 2.75) is 12.8 Å². The lowest BCUT2D eigenvalue weighted by Gasteiger charge is -2.03. The number of rotatable bonds is 6. The third-order valence-corrected chi connectivity index (χ3v) is 1.70. The van der Waals surface area contributed by atoms with Crippen molar-refractivity contribution in [1.29, 1.82) is 0 Å². The number of nitrogens with zero attached hydrogens (tertiary/aromatic N) is 2. The minimum atomic E-state index is 0.715. The van der Waals surface area contributed by atoms with Crippen LogP contribution >= 0.6 is 0 Å². The lowest BCUT2D eigenvalue weighted by atomic mass is 10.3. The summed E-state index contributed by atoms with van der Waals surface area (Å²) in [4.78, 5) is 8.12. The van der Waals surface area contributed by atoms with E-state index in [-0.39, 0.29) is 0 Å². The molecule has 0 fully saturated rings. The summed E-state index contributed by atoms with van der Waals surface area (Å²) in [7, 11) is 1.97. The molecular formula is C9H16N4. The molecular weight excluding hydrogens is 164 g/mol. The van der Waals surface area contributed by atoms with Gasteiger partial charge in [-0.25, -0.2) is 9.97 Å². The molecule has 0 saturated heterocycles. The number of unbranched alkanes of at least 4 members (excludes halogenated alkanes) is 1. The van der Waals surface area contributed by atoms with Gasteiger partial charge >= 0.3 is 0 Å². The molecule has 4 nitrogen and oxygen atoms in total. The molecule has 1 rings (SSSR count). The highest BCUT2D eigenvalue weighted by Crippen LogP contribution is 1.94. The van der Waals surface area contributed by atoms with Crippen molar-refractivity contribution in [2.24, 2.45) is 0 Å². The largest absolute Gasteiger partial charge is 0.354 e. The molecule has 2 N–H and O–H groups in total. The highest BCUT2D eigenvalue weighted by atomic mass is 15.1. The molecule has 1 aromatic rings. The van der Waals surface area contributed by atoms with Crippen LogP contribution in [0.15, 0.2) is 18.5 Å². The van der Waals surface area contributed by atoms with Gasteiger partial charge in [-0.2, -0.15) is 0 Å². The van der Waals surface area contributed by atoms with Crippen LogP contribution in [0.4, 0.5) is 5.95 Å². The van der Waals surface area contributed by atoms with E-state index >= 15 is 0 Å². The summed E-state index contributed by atoms with van der Waals surface area (Å²) in [5, 5.41) is 6.26. The zero-order chi connectivity index (χ0) is 9.36. The zero-order valence-electron chi connectivity index (χ0n) is 7.95. The molecule has 0 aliphatic heterocycles. The van der Waals surface area contributed by atoms with Crippen molar-refractivity contribution in [2.75, 3.05) is 25.5 Å². The molecule has 13 heavy (non-hydrogen) atoms. The SMILES string of the molecule is CNCCCCNc1ncccn1. The Hall–Kier alpha value is -1.16. The Labute approximate surface area is 78.8 Å². The molecule has 72 valence electrons. The van der Waals surface area contributed by atoms with E-state index in [1.54, 1.807) is 12.4 Å². The highest BCUT2D eigenvalue weighted by Gasteiger charge is 1.91. The van der Waals surface area contributed by atoms with E-state index in [0.29, 0.717) is 5.95 Å². The van der Waals surface area contributed by atoms with Gasteiger partial charge in [-0.1, -0.05) is 0 Å². The fourth-order valence-corrected chi connectivity index (χ4v) is 1.02. The molecule has 1 aromatic heterocycles. The monoisotopic (exact) mass is 180 g/mol. The Balaban J connectivity index is 2.07. The fraction of sp³-hybridized carbons (Fsp3) is 0.556. The van der Waals surface area contributed by atoms with Gasteiger partial charge in [-0.15, -0.1) is 0 Å². The van der Waals surface area contributed by atoms with E-state index in [9.17, 15) is 0 Å². The van der Waals surface area contributed by atoms with Crippen molar-refractivity contribution >= 4 is 5.95 Å². The molecule has 0 radical (unpaired) electrons. The maximum absolute atomic E-state index is 4.06. The quantitative estimate of drug-likeness (QED) is 0.638. The van der Waals surface area contributed by atoms with Gasteiger partial charge in [0.25, 0.3) is 0 Å². The number of hydrogen-bond donors (Lipinski definition) is 2. The first kappa shape index (κ1) is 9.92. The van der Waals surface area contributed by atoms with E-state index in [1.165, 1.54) is 6.42 Å². The van der Waals surface area contributed by atoms with Gasteiger partial charge in [0.15, 0.2) is 0 Å². The van der Waals surface area contributed by atoms with Crippen LogP contribution in [0.5, 0.6) is 0 Å². The molecule has 0 aromatic carbocycles. The minimum Gasteiger partial charge on any atom is -0.354 e. The van der Waals surface area contributed by atoms with Gasteiger partial charge in [0.05, 0.1) is 0 Å². The molecule has 0 bridgehead atoms. The molecule has 0 aliphatic carbocycles. The van der Waals surface area contributed by atoms with Crippen LogP contribution in [0.3, 0.4) is 0 Å². The summed E-state index contributed by atoms with van der Waals surface area (Å²) in [6.45, 7) is 2.00. The second-order valence-corrected chi connectivity index (χ2v) is 2.81. The molecule has 0 aliphatic rings. The highest BCUT2D eigenvalue weighted by molar-refractivity contribution is 5.21. The third-order valence-electron chi connectivity index (χ3n) is 1.70. The molecule has 0 unspecified atom stereocenters. The van der Waals surface area contributed by atoms with Gasteiger partial charge in [0.2, 0.25) is 5.95 Å². The molecule has 4 heteroatoms. The normalized spacial score (nSPS) is 9.92. The van der Waals surface area contributed by atoms with E-state index in [1.807, 2.05) is 13.1 Å².